The molecule has 0 spiro atoms. The van der Waals surface area contributed by atoms with E-state index in [-0.39, 0.29) is 23.9 Å². The van der Waals surface area contributed by atoms with Crippen molar-refractivity contribution in [2.75, 3.05) is 13.1 Å². The summed E-state index contributed by atoms with van der Waals surface area (Å²) in [4.78, 5) is 15.2. The van der Waals surface area contributed by atoms with Gasteiger partial charge in [-0.3, -0.25) is 4.79 Å². The van der Waals surface area contributed by atoms with Crippen LogP contribution in [0.2, 0.25) is 5.02 Å². The van der Waals surface area contributed by atoms with Gasteiger partial charge in [-0.15, -0.1) is 22.6 Å². The zero-order chi connectivity index (χ0) is 19.1. The van der Waals surface area contributed by atoms with Gasteiger partial charge in [0.2, 0.25) is 5.89 Å². The van der Waals surface area contributed by atoms with Gasteiger partial charge in [0.15, 0.2) is 0 Å². The normalized spacial score (nSPS) is 14.8. The van der Waals surface area contributed by atoms with Crippen molar-refractivity contribution in [2.24, 2.45) is 0 Å². The Kier molecular flexibility index (Phi) is 5.40. The van der Waals surface area contributed by atoms with Crippen LogP contribution in [0.1, 0.15) is 24.5 Å². The van der Waals surface area contributed by atoms with E-state index in [4.69, 9.17) is 16.0 Å². The molecule has 4 aromatic rings. The lowest BCUT2D eigenvalue weighted by molar-refractivity contribution is 0.446. The average molecular weight is 433 g/mol. The minimum absolute atomic E-state index is 0. The van der Waals surface area contributed by atoms with Crippen LogP contribution in [0.25, 0.3) is 28.6 Å². The third kappa shape index (κ3) is 3.66. The molecule has 0 aliphatic carbocycles. The molecule has 0 atom stereocenters. The fourth-order valence-corrected chi connectivity index (χ4v) is 3.74. The second-order valence-corrected chi connectivity index (χ2v) is 7.26. The van der Waals surface area contributed by atoms with Crippen molar-refractivity contribution in [3.63, 3.8) is 0 Å². The Bertz CT molecular complexity index is 1190. The molecule has 1 aromatic carbocycles. The predicted molar refractivity (Wildman–Crippen MR) is 112 cm³/mol. The molecule has 1 aliphatic rings. The number of aromatic amines is 1. The number of benzene rings is 1. The minimum atomic E-state index is -0.166. The van der Waals surface area contributed by atoms with Gasteiger partial charge in [0.25, 0.3) is 11.4 Å². The SMILES string of the molecule is Cl.O=c1cc(C2CCNCC2)n2ncc(-c3nnc(-c4ccc(Cl)cc4)o3)c2[nH]1. The molecule has 29 heavy (non-hydrogen) atoms. The third-order valence-corrected chi connectivity index (χ3v) is 5.29. The Balaban J connectivity index is 0.00000205. The molecule has 0 bridgehead atoms. The van der Waals surface area contributed by atoms with E-state index in [2.05, 4.69) is 25.6 Å². The minimum Gasteiger partial charge on any atom is -0.416 e. The number of hydrogen-bond donors (Lipinski definition) is 2. The van der Waals surface area contributed by atoms with E-state index < -0.39 is 0 Å². The lowest BCUT2D eigenvalue weighted by atomic mass is 9.94. The molecule has 1 fully saturated rings. The van der Waals surface area contributed by atoms with Crippen LogP contribution in [0.5, 0.6) is 0 Å². The van der Waals surface area contributed by atoms with Crippen LogP contribution in [0.4, 0.5) is 0 Å². The quantitative estimate of drug-likeness (QED) is 0.514. The Morgan fingerprint density at radius 3 is 2.59 bits per heavy atom. The Hall–Kier alpha value is -2.68. The molecular formula is C19H18Cl2N6O2. The van der Waals surface area contributed by atoms with E-state index in [9.17, 15) is 4.79 Å². The molecule has 0 unspecified atom stereocenters. The van der Waals surface area contributed by atoms with Crippen LogP contribution in [0, 0.1) is 0 Å². The number of hydrogen-bond acceptors (Lipinski definition) is 6. The average Bonchev–Trinajstić information content (AvgIpc) is 3.35. The molecule has 4 heterocycles. The van der Waals surface area contributed by atoms with Gasteiger partial charge < -0.3 is 14.7 Å². The first-order valence-electron chi connectivity index (χ1n) is 9.10. The smallest absolute Gasteiger partial charge is 0.253 e. The van der Waals surface area contributed by atoms with Crippen molar-refractivity contribution in [2.45, 2.75) is 18.8 Å². The molecule has 1 aliphatic heterocycles. The van der Waals surface area contributed by atoms with Crippen LogP contribution in [-0.2, 0) is 0 Å². The zero-order valence-electron chi connectivity index (χ0n) is 15.3. The zero-order valence-corrected chi connectivity index (χ0v) is 16.8. The molecule has 2 N–H and O–H groups in total. The molecule has 3 aromatic heterocycles. The second-order valence-electron chi connectivity index (χ2n) is 6.82. The summed E-state index contributed by atoms with van der Waals surface area (Å²) in [6, 6.07) is 8.78. The largest absolute Gasteiger partial charge is 0.416 e. The highest BCUT2D eigenvalue weighted by atomic mass is 35.5. The number of piperidine rings is 1. The maximum Gasteiger partial charge on any atom is 0.253 e. The van der Waals surface area contributed by atoms with Crippen molar-refractivity contribution in [1.29, 1.82) is 0 Å². The van der Waals surface area contributed by atoms with Gasteiger partial charge in [0.1, 0.15) is 11.2 Å². The van der Waals surface area contributed by atoms with Crippen molar-refractivity contribution in [3.05, 3.63) is 57.6 Å². The van der Waals surface area contributed by atoms with Crippen LogP contribution in [-0.4, -0.2) is 37.9 Å². The first-order valence-corrected chi connectivity index (χ1v) is 9.48. The Labute approximate surface area is 176 Å². The summed E-state index contributed by atoms with van der Waals surface area (Å²) in [6.07, 6.45) is 3.58. The fraction of sp³-hybridized carbons (Fsp3) is 0.263. The number of rotatable bonds is 3. The van der Waals surface area contributed by atoms with Gasteiger partial charge in [-0.2, -0.15) is 5.10 Å². The molecule has 0 radical (unpaired) electrons. The molecule has 0 saturated carbocycles. The van der Waals surface area contributed by atoms with E-state index in [1.165, 1.54) is 0 Å². The van der Waals surface area contributed by atoms with Crippen LogP contribution < -0.4 is 10.9 Å². The molecule has 150 valence electrons. The summed E-state index contributed by atoms with van der Waals surface area (Å²) >= 11 is 5.93. The number of nitrogens with zero attached hydrogens (tertiary/aromatic N) is 4. The molecular weight excluding hydrogens is 415 g/mol. The van der Waals surface area contributed by atoms with E-state index in [1.807, 2.05) is 12.1 Å². The summed E-state index contributed by atoms with van der Waals surface area (Å²) in [5.74, 6) is 0.965. The number of H-pyrrole nitrogens is 1. The molecule has 5 rings (SSSR count). The Morgan fingerprint density at radius 2 is 1.83 bits per heavy atom. The summed E-state index contributed by atoms with van der Waals surface area (Å²) in [5.41, 5.74) is 2.67. The number of aromatic nitrogens is 5. The first kappa shape index (κ1) is 19.6. The van der Waals surface area contributed by atoms with Gasteiger partial charge in [-0.25, -0.2) is 4.52 Å². The molecule has 0 amide bonds. The monoisotopic (exact) mass is 432 g/mol. The Morgan fingerprint density at radius 1 is 1.10 bits per heavy atom. The van der Waals surface area contributed by atoms with Gasteiger partial charge in [-0.05, 0) is 50.2 Å². The standard InChI is InChI=1S/C19H17ClN6O2.ClH/c20-13-3-1-12(2-4-13)18-24-25-19(28-18)14-10-22-26-15(9-16(27)23-17(14)26)11-5-7-21-8-6-11;/h1-4,9-11,21H,5-8H2,(H,23,27);1H. The molecule has 8 nitrogen and oxygen atoms in total. The van der Waals surface area contributed by atoms with Crippen LogP contribution >= 0.6 is 24.0 Å². The van der Waals surface area contributed by atoms with Crippen molar-refractivity contribution >= 4 is 29.7 Å². The van der Waals surface area contributed by atoms with E-state index in [0.29, 0.717) is 28.0 Å². The molecule has 10 heteroatoms. The van der Waals surface area contributed by atoms with Gasteiger partial charge in [0.05, 0.1) is 11.9 Å². The van der Waals surface area contributed by atoms with Crippen molar-refractivity contribution in [1.82, 2.24) is 30.1 Å². The highest BCUT2D eigenvalue weighted by Gasteiger charge is 2.22. The van der Waals surface area contributed by atoms with Crippen molar-refractivity contribution in [3.8, 4) is 22.9 Å². The summed E-state index contributed by atoms with van der Waals surface area (Å²) in [5, 5.41) is 16.7. The van der Waals surface area contributed by atoms with E-state index in [1.54, 1.807) is 28.9 Å². The lowest BCUT2D eigenvalue weighted by Crippen LogP contribution is -2.28. The van der Waals surface area contributed by atoms with Gasteiger partial charge in [0, 0.05) is 22.6 Å². The highest BCUT2D eigenvalue weighted by molar-refractivity contribution is 6.30. The summed E-state index contributed by atoms with van der Waals surface area (Å²) in [6.45, 7) is 1.86. The van der Waals surface area contributed by atoms with Crippen molar-refractivity contribution < 1.29 is 4.42 Å². The number of halogens is 2. The maximum absolute atomic E-state index is 12.3. The lowest BCUT2D eigenvalue weighted by Gasteiger charge is -2.23. The predicted octanol–water partition coefficient (Wildman–Crippen LogP) is 3.28. The van der Waals surface area contributed by atoms with Gasteiger partial charge in [-0.1, -0.05) is 11.6 Å². The maximum atomic E-state index is 12.3. The highest BCUT2D eigenvalue weighted by Crippen LogP contribution is 2.29. The number of nitrogens with one attached hydrogen (secondary N) is 2. The topological polar surface area (TPSA) is 101 Å². The third-order valence-electron chi connectivity index (χ3n) is 5.04. The van der Waals surface area contributed by atoms with Crippen LogP contribution in [0.3, 0.4) is 0 Å². The molecule has 1 saturated heterocycles. The van der Waals surface area contributed by atoms with E-state index >= 15 is 0 Å². The van der Waals surface area contributed by atoms with E-state index in [0.717, 1.165) is 37.2 Å². The fourth-order valence-electron chi connectivity index (χ4n) is 3.62. The first-order chi connectivity index (χ1) is 13.7. The van der Waals surface area contributed by atoms with Crippen LogP contribution in [0.15, 0.2) is 45.7 Å². The van der Waals surface area contributed by atoms with Gasteiger partial charge >= 0.3 is 0 Å². The summed E-state index contributed by atoms with van der Waals surface area (Å²) < 4.78 is 7.61. The second kappa shape index (κ2) is 7.98. The summed E-state index contributed by atoms with van der Waals surface area (Å²) in [7, 11) is 0. The number of fused-ring (bicyclic) bond motifs is 1.